The summed E-state index contributed by atoms with van der Waals surface area (Å²) >= 11 is 0. The van der Waals surface area contributed by atoms with Gasteiger partial charge in [0.05, 0.1) is 23.3 Å². The molecule has 0 bridgehead atoms. The van der Waals surface area contributed by atoms with Gasteiger partial charge in [0, 0.05) is 12.3 Å². The van der Waals surface area contributed by atoms with E-state index in [9.17, 15) is 29.4 Å². The monoisotopic (exact) mass is 341 g/mol. The van der Waals surface area contributed by atoms with E-state index in [-0.39, 0.29) is 25.2 Å². The Morgan fingerprint density at radius 2 is 1.71 bits per heavy atom. The zero-order valence-corrected chi connectivity index (χ0v) is 13.5. The number of aromatic nitrogens is 3. The van der Waals surface area contributed by atoms with Gasteiger partial charge in [0.2, 0.25) is 0 Å². The summed E-state index contributed by atoms with van der Waals surface area (Å²) in [6.07, 6.45) is 1.41. The molecule has 10 heteroatoms. The average molecular weight is 343 g/mol. The van der Waals surface area contributed by atoms with Crippen LogP contribution in [-0.4, -0.2) is 26.9 Å². The third kappa shape index (κ3) is 6.39. The molecule has 0 aliphatic heterocycles. The maximum atomic E-state index is 10.4. The minimum Gasteiger partial charge on any atom is -0.543 e. The van der Waals surface area contributed by atoms with Gasteiger partial charge < -0.3 is 24.8 Å². The van der Waals surface area contributed by atoms with Gasteiger partial charge in [-0.3, -0.25) is 14.8 Å². The Balaban J connectivity index is 0.000000370. The standard InChI is InChI=1S/C6H5NO2.C5H4N2O4.Zn/c8-6(9)5-3-1-2-4-7-5;8-3-1-2(4(9)10)6-5(11)7-3;/h1-4H,(H,8,9);1H,(H,9,10)(H2,6,7,8,11);/q;;+2/p-2. The molecule has 2 N–H and O–H groups in total. The summed E-state index contributed by atoms with van der Waals surface area (Å²) in [5.74, 6) is -2.83. The molecule has 2 heterocycles. The van der Waals surface area contributed by atoms with Crippen LogP contribution in [0.4, 0.5) is 0 Å². The Labute approximate surface area is 129 Å². The molecule has 0 atom stereocenters. The number of carboxylic acids is 2. The summed E-state index contributed by atoms with van der Waals surface area (Å²) in [6, 6.07) is 5.36. The topological polar surface area (TPSA) is 159 Å². The van der Waals surface area contributed by atoms with Crippen LogP contribution in [0.5, 0.6) is 0 Å². The summed E-state index contributed by atoms with van der Waals surface area (Å²) in [5.41, 5.74) is -2.19. The van der Waals surface area contributed by atoms with E-state index in [1.54, 1.807) is 12.1 Å². The van der Waals surface area contributed by atoms with Gasteiger partial charge in [-0.25, -0.2) is 4.79 Å². The molecular weight excluding hydrogens is 336 g/mol. The van der Waals surface area contributed by atoms with E-state index in [1.165, 1.54) is 12.3 Å². The predicted molar refractivity (Wildman–Crippen MR) is 60.6 cm³/mol. The van der Waals surface area contributed by atoms with Crippen LogP contribution >= 0.6 is 0 Å². The fraction of sp³-hybridized carbons (Fsp3) is 0. The minimum atomic E-state index is -1.59. The van der Waals surface area contributed by atoms with E-state index in [1.807, 2.05) is 9.97 Å². The molecule has 0 aromatic carbocycles. The molecule has 21 heavy (non-hydrogen) atoms. The molecule has 2 aromatic heterocycles. The molecule has 0 aliphatic carbocycles. The molecule has 0 unspecified atom stereocenters. The summed E-state index contributed by atoms with van der Waals surface area (Å²) in [7, 11) is 0. The van der Waals surface area contributed by atoms with E-state index in [0.717, 1.165) is 6.07 Å². The predicted octanol–water partition coefficient (Wildman–Crippen LogP) is -3.13. The number of hydrogen-bond donors (Lipinski definition) is 2. The molecule has 104 valence electrons. The van der Waals surface area contributed by atoms with Crippen molar-refractivity contribution >= 4 is 11.9 Å². The first-order valence-corrected chi connectivity index (χ1v) is 5.07. The number of H-pyrrole nitrogens is 2. The number of carbonyl (C=O) groups is 2. The molecule has 0 saturated carbocycles. The second-order valence-electron chi connectivity index (χ2n) is 3.29. The van der Waals surface area contributed by atoms with Gasteiger partial charge >= 0.3 is 25.2 Å². The number of rotatable bonds is 2. The number of pyridine rings is 1. The molecule has 2 rings (SSSR count). The molecule has 0 fully saturated rings. The fourth-order valence-electron chi connectivity index (χ4n) is 1.06. The number of nitrogens with zero attached hydrogens (tertiary/aromatic N) is 1. The van der Waals surface area contributed by atoms with Crippen molar-refractivity contribution in [3.05, 3.63) is 62.7 Å². The van der Waals surface area contributed by atoms with Crippen molar-refractivity contribution in [3.63, 3.8) is 0 Å². The molecule has 2 aromatic rings. The minimum absolute atomic E-state index is 0. The SMILES string of the molecule is O=C([O-])c1cc(=O)[nH]c(=O)[nH]1.O=C([O-])c1ccccn1.[Zn+2]. The normalized spacial score (nSPS) is 8.76. The molecule has 0 radical (unpaired) electrons. The number of nitrogens with one attached hydrogen (secondary N) is 2. The van der Waals surface area contributed by atoms with Crippen molar-refractivity contribution in [1.82, 2.24) is 15.0 Å². The third-order valence-electron chi connectivity index (χ3n) is 1.85. The molecule has 0 aliphatic rings. The van der Waals surface area contributed by atoms with Crippen molar-refractivity contribution in [1.29, 1.82) is 0 Å². The Hall–Kier alpha value is -2.61. The number of carbonyl (C=O) groups excluding carboxylic acids is 2. The smallest absolute Gasteiger partial charge is 0.543 e. The summed E-state index contributed by atoms with van der Waals surface area (Å²) in [4.78, 5) is 48.2. The first-order valence-electron chi connectivity index (χ1n) is 5.07. The molecule has 0 saturated heterocycles. The zero-order chi connectivity index (χ0) is 15.1. The van der Waals surface area contributed by atoms with E-state index in [0.29, 0.717) is 0 Å². The molecule has 0 spiro atoms. The summed E-state index contributed by atoms with van der Waals surface area (Å²) < 4.78 is 0. The van der Waals surface area contributed by atoms with Crippen LogP contribution in [0.15, 0.2) is 40.1 Å². The van der Waals surface area contributed by atoms with Crippen LogP contribution in [0.1, 0.15) is 21.0 Å². The number of hydrogen-bond acceptors (Lipinski definition) is 7. The summed E-state index contributed by atoms with van der Waals surface area (Å²) in [6.45, 7) is 0. The average Bonchev–Trinajstić information content (AvgIpc) is 2.39. The van der Waals surface area contributed by atoms with Gasteiger partial charge in [-0.1, -0.05) is 6.07 Å². The van der Waals surface area contributed by atoms with Gasteiger partial charge in [0.25, 0.3) is 5.56 Å². The van der Waals surface area contributed by atoms with Gasteiger partial charge in [-0.15, -0.1) is 0 Å². The molecule has 9 nitrogen and oxygen atoms in total. The maximum Gasteiger partial charge on any atom is 2.00 e. The van der Waals surface area contributed by atoms with Crippen molar-refractivity contribution in [2.45, 2.75) is 0 Å². The Bertz CT molecular complexity index is 696. The number of aromatic carboxylic acids is 2. The first kappa shape index (κ1) is 18.4. The van der Waals surface area contributed by atoms with Gasteiger partial charge in [-0.05, 0) is 12.1 Å². The van der Waals surface area contributed by atoms with Crippen LogP contribution in [0.25, 0.3) is 0 Å². The first-order chi connectivity index (χ1) is 9.40. The largest absolute Gasteiger partial charge is 2.00 e. The second kappa shape index (κ2) is 8.54. The summed E-state index contributed by atoms with van der Waals surface area (Å²) in [5, 5.41) is 20.1. The van der Waals surface area contributed by atoms with E-state index in [2.05, 4.69) is 4.98 Å². The van der Waals surface area contributed by atoms with Crippen LogP contribution in [0.2, 0.25) is 0 Å². The van der Waals surface area contributed by atoms with Crippen LogP contribution < -0.4 is 21.5 Å². The maximum absolute atomic E-state index is 10.4. The van der Waals surface area contributed by atoms with Crippen molar-refractivity contribution in [3.8, 4) is 0 Å². The number of aromatic amines is 2. The Morgan fingerprint density at radius 3 is 2.10 bits per heavy atom. The molecular formula is C11H7N3O6Zn. The van der Waals surface area contributed by atoms with Crippen LogP contribution in [0.3, 0.4) is 0 Å². The third-order valence-corrected chi connectivity index (χ3v) is 1.85. The Kier molecular flexibility index (Phi) is 7.48. The van der Waals surface area contributed by atoms with Gasteiger partial charge in [-0.2, -0.15) is 0 Å². The van der Waals surface area contributed by atoms with E-state index < -0.39 is 28.9 Å². The van der Waals surface area contributed by atoms with E-state index in [4.69, 9.17) is 0 Å². The molecule has 0 amide bonds. The fourth-order valence-corrected chi connectivity index (χ4v) is 1.06. The number of carboxylic acid groups (broad SMARTS) is 2. The van der Waals surface area contributed by atoms with Crippen molar-refractivity contribution in [2.24, 2.45) is 0 Å². The van der Waals surface area contributed by atoms with Crippen molar-refractivity contribution in [2.75, 3.05) is 0 Å². The van der Waals surface area contributed by atoms with Gasteiger partial charge in [0.15, 0.2) is 0 Å². The van der Waals surface area contributed by atoms with Gasteiger partial charge in [0.1, 0.15) is 0 Å². The zero-order valence-electron chi connectivity index (χ0n) is 10.5. The quantitative estimate of drug-likeness (QED) is 0.546. The van der Waals surface area contributed by atoms with E-state index >= 15 is 0 Å². The van der Waals surface area contributed by atoms with Crippen LogP contribution in [0, 0.1) is 0 Å². The van der Waals surface area contributed by atoms with Crippen molar-refractivity contribution < 1.29 is 39.3 Å². The second-order valence-corrected chi connectivity index (χ2v) is 3.29. The Morgan fingerprint density at radius 1 is 1.05 bits per heavy atom. The van der Waals surface area contributed by atoms with Crippen LogP contribution in [-0.2, 0) is 19.5 Å².